The van der Waals surface area contributed by atoms with Crippen molar-refractivity contribution in [3.63, 3.8) is 0 Å². The third-order valence-electron chi connectivity index (χ3n) is 20.9. The first kappa shape index (κ1) is 46.3. The van der Waals surface area contributed by atoms with Crippen LogP contribution in [0.4, 0.5) is 34.1 Å². The van der Waals surface area contributed by atoms with E-state index in [0.29, 0.717) is 0 Å². The molecule has 11 aromatic rings. The average Bonchev–Trinajstić information content (AvgIpc) is 4.23. The van der Waals surface area contributed by atoms with E-state index in [2.05, 4.69) is 277 Å². The van der Waals surface area contributed by atoms with Crippen molar-refractivity contribution in [3.8, 4) is 22.3 Å². The van der Waals surface area contributed by atoms with E-state index in [9.17, 15) is 0 Å². The van der Waals surface area contributed by atoms with E-state index in [1.54, 1.807) is 5.56 Å². The van der Waals surface area contributed by atoms with Crippen LogP contribution in [0.1, 0.15) is 44.1 Å². The largest absolute Gasteiger partial charge is 0.311 e. The van der Waals surface area contributed by atoms with E-state index in [1.165, 1.54) is 153 Å². The molecule has 4 aliphatic carbocycles. The molecule has 4 heterocycles. The van der Waals surface area contributed by atoms with Gasteiger partial charge in [0.15, 0.2) is 16.1 Å². The number of hydrogen-bond acceptors (Lipinski definition) is 2. The van der Waals surface area contributed by atoms with Crippen molar-refractivity contribution in [3.05, 3.63) is 272 Å². The predicted octanol–water partition coefficient (Wildman–Crippen LogP) is 11.0. The Bertz CT molecular complexity index is 4000. The second-order valence-corrected chi connectivity index (χ2v) is 32.3. The summed E-state index contributed by atoms with van der Waals surface area (Å²) in [4.78, 5) is 5.47. The topological polar surface area (TPSA) is 6.48 Å². The lowest BCUT2D eigenvalue weighted by molar-refractivity contribution is -0.00514. The lowest BCUT2D eigenvalue weighted by Gasteiger charge is -2.57. The SMILES string of the molecule is c1ccc([Si]2(c3ccccc3)c3ccccc3-c3ccc(N4c5ccccc5B5c6ccccc6N(c6ccc7c(c6)[Si](c6ccccc6)(c6ccccc6)c6ccccc6-7)c6cc(C78CC9CC(CC(C9)C7)C8)cc4c65)cc32)cc1. The van der Waals surface area contributed by atoms with Gasteiger partial charge >= 0.3 is 0 Å². The minimum absolute atomic E-state index is 0.0434. The first-order chi connectivity index (χ1) is 40.1. The molecule has 8 aliphatic rings. The van der Waals surface area contributed by atoms with Gasteiger partial charge in [-0.25, -0.2) is 0 Å². The molecular formula is C76H59BN2Si2. The molecule has 81 heavy (non-hydrogen) atoms. The Labute approximate surface area is 478 Å². The Morgan fingerprint density at radius 3 is 1.07 bits per heavy atom. The molecule has 4 fully saturated rings. The zero-order valence-corrected chi connectivity index (χ0v) is 47.3. The van der Waals surface area contributed by atoms with Crippen LogP contribution in [0.25, 0.3) is 22.3 Å². The van der Waals surface area contributed by atoms with Crippen LogP contribution in [0.3, 0.4) is 0 Å². The molecular weight excluding hydrogens is 1010 g/mol. The van der Waals surface area contributed by atoms with Gasteiger partial charge < -0.3 is 9.80 Å². The minimum atomic E-state index is -2.81. The van der Waals surface area contributed by atoms with Gasteiger partial charge in [0.2, 0.25) is 0 Å². The molecule has 0 atom stereocenters. The maximum absolute atomic E-state index is 2.81. The minimum Gasteiger partial charge on any atom is -0.311 e. The number of rotatable bonds is 7. The van der Waals surface area contributed by atoms with Gasteiger partial charge in [-0.05, 0) is 196 Å². The van der Waals surface area contributed by atoms with E-state index < -0.39 is 16.1 Å². The van der Waals surface area contributed by atoms with Crippen molar-refractivity contribution >= 4 is 115 Å². The van der Waals surface area contributed by atoms with Crippen molar-refractivity contribution in [2.45, 2.75) is 43.9 Å². The monoisotopic (exact) mass is 1070 g/mol. The summed E-state index contributed by atoms with van der Waals surface area (Å²) >= 11 is 0. The maximum Gasteiger partial charge on any atom is 0.252 e. The molecule has 0 N–H and O–H groups in total. The Morgan fingerprint density at radius 1 is 0.321 bits per heavy atom. The Morgan fingerprint density at radius 2 is 0.667 bits per heavy atom. The van der Waals surface area contributed by atoms with Crippen LogP contribution < -0.4 is 67.7 Å². The lowest BCUT2D eigenvalue weighted by Crippen LogP contribution is -2.72. The molecule has 384 valence electrons. The molecule has 0 aromatic heterocycles. The molecule has 11 aromatic carbocycles. The highest BCUT2D eigenvalue weighted by atomic mass is 28.3. The summed E-state index contributed by atoms with van der Waals surface area (Å²) in [7, 11) is -5.62. The summed E-state index contributed by atoms with van der Waals surface area (Å²) in [6, 6.07) is 105. The number of anilines is 6. The van der Waals surface area contributed by atoms with E-state index in [0.717, 1.165) is 17.8 Å². The van der Waals surface area contributed by atoms with Crippen molar-refractivity contribution in [2.24, 2.45) is 17.8 Å². The van der Waals surface area contributed by atoms with Gasteiger partial charge in [-0.3, -0.25) is 0 Å². The van der Waals surface area contributed by atoms with Crippen LogP contribution in [-0.2, 0) is 5.41 Å². The number of nitrogens with zero attached hydrogens (tertiary/aromatic N) is 2. The molecule has 5 heteroatoms. The van der Waals surface area contributed by atoms with Gasteiger partial charge in [-0.15, -0.1) is 0 Å². The molecule has 0 amide bonds. The van der Waals surface area contributed by atoms with Crippen molar-refractivity contribution in [1.29, 1.82) is 0 Å². The predicted molar refractivity (Wildman–Crippen MR) is 346 cm³/mol. The Balaban J connectivity index is 0.918. The molecule has 0 radical (unpaired) electrons. The normalized spacial score (nSPS) is 21.1. The summed E-state index contributed by atoms with van der Waals surface area (Å²) in [5.74, 6) is 2.43. The summed E-state index contributed by atoms with van der Waals surface area (Å²) in [6.07, 6.45) is 8.13. The van der Waals surface area contributed by atoms with Crippen LogP contribution in [0.5, 0.6) is 0 Å². The smallest absolute Gasteiger partial charge is 0.252 e. The first-order valence-electron chi connectivity index (χ1n) is 29.8. The second-order valence-electron chi connectivity index (χ2n) is 24.9. The molecule has 0 unspecified atom stereocenters. The highest BCUT2D eigenvalue weighted by molar-refractivity contribution is 7.23. The standard InChI is InChI=1S/C76H59BN2Si2/c1-5-21-57(22-6-1)80(58-23-7-2-8-24-58)71-35-19-13-29-61(71)63-39-37-55(46-73(63)80)78-67-33-17-15-31-65(67)77-66-32-16-18-34-68(66)79(70-45-54(44-69(78)75(70)77)76-48-51-41-52(49-76)43-53(42-51)50-76)56-38-40-64-62-30-14-20-36-72(62)81(74(64)47-56,59-25-9-3-10-26-59)60-27-11-4-12-28-60/h1-40,44-47,51-53H,41-43,48-50H2. The Hall–Kier alpha value is -8.48. The van der Waals surface area contributed by atoms with Crippen molar-refractivity contribution in [2.75, 3.05) is 9.80 Å². The Kier molecular flexibility index (Phi) is 9.87. The summed E-state index contributed by atoms with van der Waals surface area (Å²) in [5.41, 5.74) is 19.0. The fourth-order valence-corrected chi connectivity index (χ4v) is 28.8. The van der Waals surface area contributed by atoms with Gasteiger partial charge in [0.1, 0.15) is 0 Å². The van der Waals surface area contributed by atoms with Gasteiger partial charge in [-0.2, -0.15) is 0 Å². The van der Waals surface area contributed by atoms with Crippen molar-refractivity contribution < 1.29 is 0 Å². The number of benzene rings is 11. The van der Waals surface area contributed by atoms with Crippen LogP contribution >= 0.6 is 0 Å². The zero-order valence-electron chi connectivity index (χ0n) is 45.3. The van der Waals surface area contributed by atoms with Crippen LogP contribution in [0.15, 0.2) is 267 Å². The average molecular weight is 1070 g/mol. The molecule has 19 rings (SSSR count). The fourth-order valence-electron chi connectivity index (χ4n) is 18.4. The van der Waals surface area contributed by atoms with Gasteiger partial charge in [-0.1, -0.05) is 218 Å². The second kappa shape index (κ2) is 17.3. The highest BCUT2D eigenvalue weighted by Gasteiger charge is 2.55. The first-order valence-corrected chi connectivity index (χ1v) is 33.8. The summed E-state index contributed by atoms with van der Waals surface area (Å²) in [5, 5.41) is 11.6. The van der Waals surface area contributed by atoms with Crippen LogP contribution in [0, 0.1) is 17.8 Å². The van der Waals surface area contributed by atoms with E-state index in [1.807, 2.05) is 0 Å². The number of fused-ring (bicyclic) bond motifs is 10. The van der Waals surface area contributed by atoms with E-state index >= 15 is 0 Å². The van der Waals surface area contributed by atoms with Crippen LogP contribution in [0.2, 0.25) is 0 Å². The molecule has 0 spiro atoms. The van der Waals surface area contributed by atoms with Crippen LogP contribution in [-0.4, -0.2) is 22.9 Å². The molecule has 0 saturated heterocycles. The van der Waals surface area contributed by atoms with E-state index in [4.69, 9.17) is 0 Å². The molecule has 2 nitrogen and oxygen atoms in total. The third-order valence-corrected chi connectivity index (χ3v) is 30.7. The summed E-state index contributed by atoms with van der Waals surface area (Å²) in [6.45, 7) is 0.0434. The molecule has 4 saturated carbocycles. The summed E-state index contributed by atoms with van der Waals surface area (Å²) < 4.78 is 0. The quantitative estimate of drug-likeness (QED) is 0.147. The highest BCUT2D eigenvalue weighted by Crippen LogP contribution is 2.62. The van der Waals surface area contributed by atoms with Gasteiger partial charge in [0, 0.05) is 34.1 Å². The maximum atomic E-state index is 2.75. The van der Waals surface area contributed by atoms with Crippen molar-refractivity contribution in [1.82, 2.24) is 0 Å². The number of para-hydroxylation sites is 2. The van der Waals surface area contributed by atoms with Gasteiger partial charge in [0.25, 0.3) is 6.71 Å². The third kappa shape index (κ3) is 6.28. The lowest BCUT2D eigenvalue weighted by atomic mass is 9.33. The van der Waals surface area contributed by atoms with E-state index in [-0.39, 0.29) is 12.1 Å². The number of hydrogen-bond donors (Lipinski definition) is 0. The molecule has 4 bridgehead atoms. The fraction of sp³-hybridized carbons (Fsp3) is 0.132. The van der Waals surface area contributed by atoms with Gasteiger partial charge in [0.05, 0.1) is 0 Å². The molecule has 4 aliphatic heterocycles. The zero-order chi connectivity index (χ0) is 53.0.